The molecule has 2 N–H and O–H groups in total. The molecule has 0 heterocycles. The van der Waals surface area contributed by atoms with Crippen LogP contribution in [-0.4, -0.2) is 11.0 Å². The van der Waals surface area contributed by atoms with Crippen molar-refractivity contribution in [2.45, 2.75) is 25.0 Å². The van der Waals surface area contributed by atoms with Crippen LogP contribution in [0.25, 0.3) is 6.08 Å². The van der Waals surface area contributed by atoms with Crippen molar-refractivity contribution in [2.75, 3.05) is 0 Å². The first kappa shape index (κ1) is 23.2. The van der Waals surface area contributed by atoms with Crippen LogP contribution in [-0.2, 0) is 15.9 Å². The van der Waals surface area contributed by atoms with Gasteiger partial charge in [0.15, 0.2) is 0 Å². The third-order valence-corrected chi connectivity index (χ3v) is 6.07. The Balaban J connectivity index is 1.59. The van der Waals surface area contributed by atoms with Crippen LogP contribution in [0.2, 0.25) is 0 Å². The summed E-state index contributed by atoms with van der Waals surface area (Å²) in [7, 11) is 0. The highest BCUT2D eigenvalue weighted by Crippen LogP contribution is 2.37. The van der Waals surface area contributed by atoms with Crippen LogP contribution >= 0.6 is 0 Å². The van der Waals surface area contributed by atoms with Crippen LogP contribution in [0.5, 0.6) is 0 Å². The van der Waals surface area contributed by atoms with E-state index in [0.29, 0.717) is 0 Å². The maximum absolute atomic E-state index is 12.6. The Hall–Kier alpha value is -3.95. The van der Waals surface area contributed by atoms with Gasteiger partial charge in [-0.25, -0.2) is 0 Å². The second kappa shape index (κ2) is 9.90. The van der Waals surface area contributed by atoms with Gasteiger partial charge >= 0.3 is 0 Å². The molecule has 4 rings (SSSR count). The smallest absolute Gasteiger partial charge is 0.244 e. The molecular weight excluding hydrogens is 418 g/mol. The number of rotatable bonds is 7. The largest absolute Gasteiger partial charge is 0.376 e. The minimum absolute atomic E-state index is 0.164. The number of nitrogens with one attached hydrogen (secondary N) is 1. The lowest BCUT2D eigenvalue weighted by atomic mass is 9.79. The molecule has 1 amide bonds. The lowest BCUT2D eigenvalue weighted by Gasteiger charge is -2.31. The van der Waals surface area contributed by atoms with Crippen molar-refractivity contribution in [3.05, 3.63) is 149 Å². The molecule has 0 unspecified atom stereocenters. The number of benzene rings is 4. The molecule has 3 heteroatoms. The number of hydrogen-bond acceptors (Lipinski definition) is 2. The summed E-state index contributed by atoms with van der Waals surface area (Å²) < 4.78 is 0. The first-order valence-corrected chi connectivity index (χ1v) is 11.4. The predicted molar refractivity (Wildman–Crippen MR) is 138 cm³/mol. The highest BCUT2D eigenvalue weighted by atomic mass is 16.3. The summed E-state index contributed by atoms with van der Waals surface area (Å²) in [5.41, 5.74) is 2.41. The third-order valence-electron chi connectivity index (χ3n) is 6.07. The van der Waals surface area contributed by atoms with Crippen molar-refractivity contribution < 1.29 is 9.90 Å². The van der Waals surface area contributed by atoms with Gasteiger partial charge in [0.1, 0.15) is 5.60 Å². The molecule has 0 atom stereocenters. The van der Waals surface area contributed by atoms with Gasteiger partial charge in [0.2, 0.25) is 5.91 Å². The monoisotopic (exact) mass is 447 g/mol. The van der Waals surface area contributed by atoms with Crippen molar-refractivity contribution in [1.82, 2.24) is 5.32 Å². The minimum atomic E-state index is -1.28. The Bertz CT molecular complexity index is 1210. The summed E-state index contributed by atoms with van der Waals surface area (Å²) in [5, 5.41) is 15.0. The van der Waals surface area contributed by atoms with Gasteiger partial charge in [-0.15, -0.1) is 0 Å². The number of amides is 1. The molecule has 4 aromatic carbocycles. The summed E-state index contributed by atoms with van der Waals surface area (Å²) >= 11 is 0. The normalized spacial score (nSPS) is 12.0. The highest BCUT2D eigenvalue weighted by molar-refractivity contribution is 5.92. The van der Waals surface area contributed by atoms with Crippen LogP contribution in [0.3, 0.4) is 0 Å². The second-order valence-electron chi connectivity index (χ2n) is 8.88. The Morgan fingerprint density at radius 1 is 0.647 bits per heavy atom. The molecule has 0 aromatic heterocycles. The number of carbonyl (C=O) groups is 1. The molecule has 0 aliphatic heterocycles. The van der Waals surface area contributed by atoms with Gasteiger partial charge in [-0.3, -0.25) is 4.79 Å². The van der Waals surface area contributed by atoms with Crippen LogP contribution in [0.15, 0.2) is 121 Å². The van der Waals surface area contributed by atoms with Gasteiger partial charge in [-0.2, -0.15) is 0 Å². The van der Waals surface area contributed by atoms with Crippen molar-refractivity contribution in [3.63, 3.8) is 0 Å². The molecule has 0 saturated heterocycles. The summed E-state index contributed by atoms with van der Waals surface area (Å²) in [5.74, 6) is -0.164. The topological polar surface area (TPSA) is 49.3 Å². The number of hydrogen-bond donors (Lipinski definition) is 2. The maximum atomic E-state index is 12.6. The van der Waals surface area contributed by atoms with Crippen LogP contribution in [0.1, 0.15) is 41.7 Å². The van der Waals surface area contributed by atoms with E-state index in [1.165, 1.54) is 0 Å². The van der Waals surface area contributed by atoms with E-state index in [9.17, 15) is 9.90 Å². The Morgan fingerprint density at radius 2 is 1.06 bits per heavy atom. The molecule has 4 aromatic rings. The lowest BCUT2D eigenvalue weighted by Crippen LogP contribution is -2.40. The second-order valence-corrected chi connectivity index (χ2v) is 8.88. The first-order valence-electron chi connectivity index (χ1n) is 11.4. The molecule has 0 saturated carbocycles. The molecule has 0 fully saturated rings. The van der Waals surface area contributed by atoms with E-state index in [-0.39, 0.29) is 5.91 Å². The average Bonchev–Trinajstić information content (AvgIpc) is 2.88. The first-order chi connectivity index (χ1) is 16.4. The van der Waals surface area contributed by atoms with E-state index in [1.807, 2.05) is 129 Å². The van der Waals surface area contributed by atoms with Gasteiger partial charge in [0.25, 0.3) is 0 Å². The van der Waals surface area contributed by atoms with E-state index in [4.69, 9.17) is 0 Å². The van der Waals surface area contributed by atoms with Gasteiger partial charge in [0, 0.05) is 6.08 Å². The van der Waals surface area contributed by atoms with Crippen molar-refractivity contribution in [3.8, 4) is 0 Å². The zero-order chi connectivity index (χ0) is 24.0. The van der Waals surface area contributed by atoms with E-state index in [0.717, 1.165) is 27.8 Å². The SMILES string of the molecule is CC(C)(NC(=O)/C=C/c1ccccc1)c1ccc(C(O)(c2ccccc2)c2ccccc2)cc1. The van der Waals surface area contributed by atoms with Gasteiger partial charge in [-0.1, -0.05) is 115 Å². The molecular formula is C31H29NO2. The van der Waals surface area contributed by atoms with Crippen LogP contribution in [0.4, 0.5) is 0 Å². The molecule has 0 spiro atoms. The van der Waals surface area contributed by atoms with E-state index in [2.05, 4.69) is 5.32 Å². The van der Waals surface area contributed by atoms with E-state index in [1.54, 1.807) is 12.2 Å². The third kappa shape index (κ3) is 5.00. The maximum Gasteiger partial charge on any atom is 0.244 e. The van der Waals surface area contributed by atoms with E-state index < -0.39 is 11.1 Å². The lowest BCUT2D eigenvalue weighted by molar-refractivity contribution is -0.118. The summed E-state index contributed by atoms with van der Waals surface area (Å²) in [4.78, 5) is 12.6. The molecule has 170 valence electrons. The Kier molecular flexibility index (Phi) is 6.76. The molecule has 0 aliphatic carbocycles. The molecule has 3 nitrogen and oxygen atoms in total. The fourth-order valence-corrected chi connectivity index (χ4v) is 4.14. The van der Waals surface area contributed by atoms with E-state index >= 15 is 0 Å². The van der Waals surface area contributed by atoms with Crippen molar-refractivity contribution >= 4 is 12.0 Å². The zero-order valence-electron chi connectivity index (χ0n) is 19.5. The Labute approximate surface area is 201 Å². The number of aliphatic hydroxyl groups is 1. The fourth-order valence-electron chi connectivity index (χ4n) is 4.14. The fraction of sp³-hybridized carbons (Fsp3) is 0.129. The van der Waals surface area contributed by atoms with Gasteiger partial charge in [-0.05, 0) is 47.7 Å². The average molecular weight is 448 g/mol. The van der Waals surface area contributed by atoms with Crippen LogP contribution < -0.4 is 5.32 Å². The minimum Gasteiger partial charge on any atom is -0.376 e. The predicted octanol–water partition coefficient (Wildman–Crippen LogP) is 6.04. The van der Waals surface area contributed by atoms with Crippen molar-refractivity contribution in [1.29, 1.82) is 0 Å². The summed E-state index contributed by atoms with van der Waals surface area (Å²) in [6.45, 7) is 3.94. The standard InChI is InChI=1S/C31H29NO2/c1-30(2,32-29(33)23-18-24-12-6-3-7-13-24)25-19-21-28(22-20-25)31(34,26-14-8-4-9-15-26)27-16-10-5-11-17-27/h3-23,34H,1-2H3,(H,32,33)/b23-18+. The van der Waals surface area contributed by atoms with Gasteiger partial charge in [0.05, 0.1) is 5.54 Å². The quantitative estimate of drug-likeness (QED) is 0.268. The summed E-state index contributed by atoms with van der Waals surface area (Å²) in [6.07, 6.45) is 3.35. The molecule has 0 aliphatic rings. The van der Waals surface area contributed by atoms with Crippen LogP contribution in [0, 0.1) is 0 Å². The summed E-state index contributed by atoms with van der Waals surface area (Å²) in [6, 6.07) is 36.9. The number of carbonyl (C=O) groups excluding carboxylic acids is 1. The molecule has 0 bridgehead atoms. The van der Waals surface area contributed by atoms with Crippen molar-refractivity contribution in [2.24, 2.45) is 0 Å². The van der Waals surface area contributed by atoms with Gasteiger partial charge < -0.3 is 10.4 Å². The highest BCUT2D eigenvalue weighted by Gasteiger charge is 2.34. The zero-order valence-corrected chi connectivity index (χ0v) is 19.5. The molecule has 0 radical (unpaired) electrons. The molecule has 34 heavy (non-hydrogen) atoms. The Morgan fingerprint density at radius 3 is 1.56 bits per heavy atom.